The van der Waals surface area contributed by atoms with Crippen molar-refractivity contribution in [3.05, 3.63) is 52.8 Å². The number of aliphatic hydroxyl groups is 3. The van der Waals surface area contributed by atoms with E-state index in [0.29, 0.717) is 0 Å². The van der Waals surface area contributed by atoms with Gasteiger partial charge in [0.1, 0.15) is 17.2 Å². The van der Waals surface area contributed by atoms with Crippen LogP contribution in [0.2, 0.25) is 0 Å². The van der Waals surface area contributed by atoms with Gasteiger partial charge >= 0.3 is 5.79 Å². The van der Waals surface area contributed by atoms with Gasteiger partial charge in [-0.1, -0.05) is 45.9 Å². The zero-order valence-corrected chi connectivity index (χ0v) is 28.7. The maximum absolute atomic E-state index is 13.9. The number of fused-ring (bicyclic) bond motifs is 14. The van der Waals surface area contributed by atoms with Gasteiger partial charge in [0.05, 0.1) is 52.9 Å². The lowest BCUT2D eigenvalue weighted by Gasteiger charge is -2.36. The summed E-state index contributed by atoms with van der Waals surface area (Å²) in [7, 11) is 1.41. The first-order chi connectivity index (χ1) is 22.9. The Morgan fingerprint density at radius 3 is 2.10 bits per heavy atom. The predicted octanol–water partition coefficient (Wildman–Crippen LogP) is 4.00. The molecule has 9 atom stereocenters. The van der Waals surface area contributed by atoms with E-state index >= 15 is 0 Å². The Balaban J connectivity index is 1.91. The minimum Gasteiger partial charge on any atom is -0.507 e. The van der Waals surface area contributed by atoms with Crippen molar-refractivity contribution in [2.24, 2.45) is 23.7 Å². The number of hydrogen-bond donors (Lipinski definition) is 7. The van der Waals surface area contributed by atoms with Gasteiger partial charge in [0.15, 0.2) is 12.0 Å². The molecular formula is C36H45NO12. The molecule has 3 aliphatic rings. The van der Waals surface area contributed by atoms with Crippen molar-refractivity contribution >= 4 is 34.4 Å². The first-order valence-electron chi connectivity index (χ1n) is 16.0. The smallest absolute Gasteiger partial charge is 0.312 e. The second-order valence-electron chi connectivity index (χ2n) is 13.2. The van der Waals surface area contributed by atoms with Crippen LogP contribution in [0.1, 0.15) is 67.8 Å². The van der Waals surface area contributed by atoms with E-state index in [1.165, 1.54) is 46.1 Å². The van der Waals surface area contributed by atoms with Gasteiger partial charge in [0.2, 0.25) is 0 Å². The summed E-state index contributed by atoms with van der Waals surface area (Å²) in [5, 5.41) is 68.9. The van der Waals surface area contributed by atoms with Gasteiger partial charge in [-0.05, 0) is 19.9 Å². The Morgan fingerprint density at radius 2 is 1.49 bits per heavy atom. The van der Waals surface area contributed by atoms with Crippen molar-refractivity contribution in [3.63, 3.8) is 0 Å². The van der Waals surface area contributed by atoms with Crippen molar-refractivity contribution in [2.75, 3.05) is 12.4 Å². The number of ketones is 1. The van der Waals surface area contributed by atoms with Crippen LogP contribution in [0, 0.1) is 30.6 Å². The molecule has 2 aromatic carbocycles. The Labute approximate surface area is 284 Å². The van der Waals surface area contributed by atoms with Crippen LogP contribution in [-0.4, -0.2) is 85.9 Å². The predicted molar refractivity (Wildman–Crippen MR) is 180 cm³/mol. The number of allylic oxidation sites excluding steroid dienone is 2. The van der Waals surface area contributed by atoms with E-state index in [4.69, 9.17) is 14.2 Å². The highest BCUT2D eigenvalue weighted by Gasteiger charge is 2.49. The number of benzene rings is 2. The molecule has 13 nitrogen and oxygen atoms in total. The van der Waals surface area contributed by atoms with E-state index in [1.807, 2.05) is 0 Å². The highest BCUT2D eigenvalue weighted by Crippen LogP contribution is 2.55. The van der Waals surface area contributed by atoms with Crippen LogP contribution >= 0.6 is 0 Å². The number of hydrogen-bond acceptors (Lipinski definition) is 12. The number of Topliss-reactive ketones (excluding diaryl/α,β-unsaturated/α-hetero) is 1. The summed E-state index contributed by atoms with van der Waals surface area (Å²) < 4.78 is 17.3. The minimum atomic E-state index is -2.05. The second kappa shape index (κ2) is 14.2. The molecule has 49 heavy (non-hydrogen) atoms. The SMILES string of the molecule is CO[C@H]1/C=C\O[C@@]2(C)Oc3c(C)c(O)c4c(O)c(c(C=O)c(O)c4c3C2=O)NC(=O)/C(C)=C\C=C[C@H](C)[C@H](O)[C@@H](C)[C@@H](O)[C@@H](C)[C@H](O)[C@@H]1C. The van der Waals surface area contributed by atoms with Gasteiger partial charge in [0.25, 0.3) is 11.7 Å². The van der Waals surface area contributed by atoms with Gasteiger partial charge in [-0.25, -0.2) is 0 Å². The fourth-order valence-corrected chi connectivity index (χ4v) is 6.47. The highest BCUT2D eigenvalue weighted by atomic mass is 16.7. The quantitative estimate of drug-likeness (QED) is 0.136. The van der Waals surface area contributed by atoms with E-state index in [-0.39, 0.29) is 34.1 Å². The number of phenols is 3. The minimum absolute atomic E-state index is 0.00862. The first-order valence-corrected chi connectivity index (χ1v) is 16.0. The number of ether oxygens (including phenoxy) is 3. The Bertz CT molecular complexity index is 1750. The first kappa shape index (κ1) is 37.4. The van der Waals surface area contributed by atoms with Crippen LogP contribution < -0.4 is 10.1 Å². The van der Waals surface area contributed by atoms with Crippen LogP contribution in [0.3, 0.4) is 0 Å². The van der Waals surface area contributed by atoms with Crippen molar-refractivity contribution in [3.8, 4) is 23.0 Å². The lowest BCUT2D eigenvalue weighted by atomic mass is 9.78. The molecule has 0 radical (unpaired) electrons. The fourth-order valence-electron chi connectivity index (χ4n) is 6.47. The van der Waals surface area contributed by atoms with Crippen LogP contribution in [0.4, 0.5) is 5.69 Å². The van der Waals surface area contributed by atoms with Crippen LogP contribution in [-0.2, 0) is 14.3 Å². The topological polar surface area (TPSA) is 212 Å². The number of carbonyl (C=O) groups excluding carboxylic acids is 3. The molecule has 0 fully saturated rings. The van der Waals surface area contributed by atoms with Crippen LogP contribution in [0.5, 0.6) is 23.0 Å². The molecule has 0 saturated carbocycles. The maximum Gasteiger partial charge on any atom is 0.312 e. The third-order valence-corrected chi connectivity index (χ3v) is 9.89. The zero-order valence-electron chi connectivity index (χ0n) is 28.7. The third-order valence-electron chi connectivity index (χ3n) is 9.89. The number of methoxy groups -OCH3 is 1. The number of amides is 1. The molecule has 3 aliphatic heterocycles. The highest BCUT2D eigenvalue weighted by molar-refractivity contribution is 6.23. The molecule has 0 spiro atoms. The van der Waals surface area contributed by atoms with Crippen molar-refractivity contribution in [1.29, 1.82) is 0 Å². The van der Waals surface area contributed by atoms with E-state index in [9.17, 15) is 45.0 Å². The number of phenolic OH excluding ortho intramolecular Hbond substituents is 3. The molecule has 7 N–H and O–H groups in total. The number of aromatic hydroxyl groups is 3. The van der Waals surface area contributed by atoms with Gasteiger partial charge < -0.3 is 50.2 Å². The van der Waals surface area contributed by atoms with E-state index in [1.54, 1.807) is 33.8 Å². The number of carbonyl (C=O) groups is 3. The molecule has 0 saturated heterocycles. The molecule has 5 rings (SSSR count). The summed E-state index contributed by atoms with van der Waals surface area (Å²) in [4.78, 5) is 39.4. The standard InChI is InChI=1S/C36H45NO12/c1-15-10-9-11-16(2)35(46)37-26-21(14-38)31(43)23-24(32(26)44)30(42)20(6)33-25(23)34(45)36(7,49-33)48-13-12-22(47-8)17(3)28(40)19(5)29(41)18(4)27(15)39/h9-15,17-19,22,27-29,39-44H,1-8H3,(H,37,46)/b10-9?,13-12-,16-11-/t15-,17+,18+,19-,22-,27-,28+,29+,36-/m0/s1. The van der Waals surface area contributed by atoms with Gasteiger partial charge in [-0.3, -0.25) is 14.4 Å². The summed E-state index contributed by atoms with van der Waals surface area (Å²) in [6, 6.07) is 0. The normalized spacial score (nSPS) is 33.1. The van der Waals surface area contributed by atoms with E-state index in [2.05, 4.69) is 5.32 Å². The summed E-state index contributed by atoms with van der Waals surface area (Å²) in [6.45, 7) is 10.9. The molecule has 0 aliphatic carbocycles. The maximum atomic E-state index is 13.9. The molecule has 5 bridgehead atoms. The number of aldehydes is 1. The largest absolute Gasteiger partial charge is 0.507 e. The molecule has 0 aromatic heterocycles. The number of anilines is 1. The summed E-state index contributed by atoms with van der Waals surface area (Å²) in [6.07, 6.45) is 3.34. The molecule has 13 heteroatoms. The fraction of sp³-hybridized carbons (Fsp3) is 0.472. The molecule has 3 heterocycles. The van der Waals surface area contributed by atoms with E-state index < -0.39 is 99.5 Å². The lowest BCUT2D eigenvalue weighted by molar-refractivity contribution is -0.112. The molecular weight excluding hydrogens is 638 g/mol. The van der Waals surface area contributed by atoms with Gasteiger partial charge in [-0.15, -0.1) is 0 Å². The second-order valence-corrected chi connectivity index (χ2v) is 13.2. The number of aliphatic hydroxyl groups excluding tert-OH is 3. The zero-order chi connectivity index (χ0) is 36.7. The van der Waals surface area contributed by atoms with Crippen LogP contribution in [0.25, 0.3) is 10.8 Å². The molecule has 2 aromatic rings. The molecule has 266 valence electrons. The van der Waals surface area contributed by atoms with Crippen molar-refractivity contribution in [2.45, 2.75) is 78.7 Å². The Hall–Kier alpha value is -4.43. The average molecular weight is 684 g/mol. The molecule has 0 unspecified atom stereocenters. The summed E-state index contributed by atoms with van der Waals surface area (Å²) in [5.74, 6) is -8.42. The summed E-state index contributed by atoms with van der Waals surface area (Å²) >= 11 is 0. The van der Waals surface area contributed by atoms with Gasteiger partial charge in [0, 0.05) is 54.2 Å². The number of rotatable bonds is 2. The van der Waals surface area contributed by atoms with Crippen molar-refractivity contribution < 1.29 is 59.2 Å². The third kappa shape index (κ3) is 6.51. The Kier molecular flexibility index (Phi) is 10.8. The monoisotopic (exact) mass is 683 g/mol. The van der Waals surface area contributed by atoms with Crippen molar-refractivity contribution in [1.82, 2.24) is 0 Å². The lowest BCUT2D eigenvalue weighted by Crippen LogP contribution is -2.44. The Morgan fingerprint density at radius 1 is 0.878 bits per heavy atom. The molecule has 1 amide bonds. The van der Waals surface area contributed by atoms with Gasteiger partial charge in [-0.2, -0.15) is 0 Å². The van der Waals surface area contributed by atoms with Crippen LogP contribution in [0.15, 0.2) is 36.1 Å². The average Bonchev–Trinajstić information content (AvgIpc) is 3.34. The van der Waals surface area contributed by atoms with E-state index in [0.717, 1.165) is 6.26 Å². The summed E-state index contributed by atoms with van der Waals surface area (Å²) in [5.41, 5.74) is -1.21. The number of nitrogens with one attached hydrogen (secondary N) is 1.